The number of nitrogens with zero attached hydrogens (tertiary/aromatic N) is 2. The molecule has 2 aromatic rings. The molecule has 3 atom stereocenters. The zero-order valence-corrected chi connectivity index (χ0v) is 16.9. The van der Waals surface area contributed by atoms with Gasteiger partial charge in [-0.2, -0.15) is 0 Å². The van der Waals surface area contributed by atoms with Crippen molar-refractivity contribution in [1.29, 1.82) is 0 Å². The molecule has 7 heteroatoms. The van der Waals surface area contributed by atoms with Gasteiger partial charge in [-0.25, -0.2) is 13.2 Å². The number of carbonyl (C=O) groups excluding carboxylic acids is 1. The molecule has 1 amide bonds. The summed E-state index contributed by atoms with van der Waals surface area (Å²) in [6, 6.07) is 10.3. The van der Waals surface area contributed by atoms with Gasteiger partial charge in [-0.3, -0.25) is 9.69 Å². The number of benzene rings is 2. The third-order valence-electron chi connectivity index (χ3n) is 6.32. The van der Waals surface area contributed by atoms with Gasteiger partial charge in [0.25, 0.3) is 0 Å². The van der Waals surface area contributed by atoms with Crippen LogP contribution in [0.25, 0.3) is 0 Å². The van der Waals surface area contributed by atoms with Gasteiger partial charge in [-0.15, -0.1) is 0 Å². The monoisotopic (exact) mass is 418 g/mol. The van der Waals surface area contributed by atoms with Gasteiger partial charge in [-0.1, -0.05) is 18.2 Å². The lowest BCUT2D eigenvalue weighted by atomic mass is 9.81. The molecule has 2 aromatic carbocycles. The predicted molar refractivity (Wildman–Crippen MR) is 106 cm³/mol. The molecule has 0 saturated carbocycles. The minimum atomic E-state index is -0.602. The molecule has 2 aliphatic rings. The minimum absolute atomic E-state index is 0.0201. The van der Waals surface area contributed by atoms with E-state index in [9.17, 15) is 18.0 Å². The SMILES string of the molecule is COCC(=O)N1CC[C@@H]2[C@H](C1)[C@@H](c1ccc(F)cc1F)CN2Cc1ccc(F)cc1. The highest BCUT2D eigenvalue weighted by atomic mass is 19.1. The first kappa shape index (κ1) is 20.9. The van der Waals surface area contributed by atoms with Gasteiger partial charge in [0.1, 0.15) is 24.1 Å². The summed E-state index contributed by atoms with van der Waals surface area (Å²) in [7, 11) is 1.49. The Labute approximate surface area is 174 Å². The number of halogens is 3. The van der Waals surface area contributed by atoms with Gasteiger partial charge in [0.05, 0.1) is 0 Å². The largest absolute Gasteiger partial charge is 0.375 e. The van der Waals surface area contributed by atoms with Crippen molar-refractivity contribution in [2.45, 2.75) is 24.9 Å². The lowest BCUT2D eigenvalue weighted by Crippen LogP contribution is -2.49. The van der Waals surface area contributed by atoms with E-state index in [1.165, 1.54) is 31.4 Å². The normalized spacial score (nSPS) is 24.1. The van der Waals surface area contributed by atoms with Gasteiger partial charge in [0.2, 0.25) is 5.91 Å². The molecule has 4 rings (SSSR count). The second-order valence-electron chi connectivity index (χ2n) is 8.12. The van der Waals surface area contributed by atoms with E-state index >= 15 is 0 Å². The Bertz CT molecular complexity index is 906. The summed E-state index contributed by atoms with van der Waals surface area (Å²) < 4.78 is 46.4. The van der Waals surface area contributed by atoms with Crippen molar-refractivity contribution in [3.8, 4) is 0 Å². The third-order valence-corrected chi connectivity index (χ3v) is 6.32. The molecule has 2 fully saturated rings. The maximum Gasteiger partial charge on any atom is 0.248 e. The first-order chi connectivity index (χ1) is 14.5. The maximum atomic E-state index is 14.6. The topological polar surface area (TPSA) is 32.8 Å². The van der Waals surface area contributed by atoms with E-state index in [1.54, 1.807) is 17.0 Å². The van der Waals surface area contributed by atoms with Crippen LogP contribution in [0.5, 0.6) is 0 Å². The predicted octanol–water partition coefficient (Wildman–Crippen LogP) is 3.57. The zero-order chi connectivity index (χ0) is 21.3. The van der Waals surface area contributed by atoms with Crippen molar-refractivity contribution < 1.29 is 22.7 Å². The van der Waals surface area contributed by atoms with Gasteiger partial charge < -0.3 is 9.64 Å². The molecular weight excluding hydrogens is 393 g/mol. The number of hydrogen-bond donors (Lipinski definition) is 0. The smallest absolute Gasteiger partial charge is 0.248 e. The van der Waals surface area contributed by atoms with Crippen LogP contribution in [0.2, 0.25) is 0 Å². The number of methoxy groups -OCH3 is 1. The van der Waals surface area contributed by atoms with E-state index in [1.807, 2.05) is 0 Å². The van der Waals surface area contributed by atoms with Crippen LogP contribution >= 0.6 is 0 Å². The summed E-state index contributed by atoms with van der Waals surface area (Å²) in [6.07, 6.45) is 0.765. The number of carbonyl (C=O) groups is 1. The molecule has 0 spiro atoms. The van der Waals surface area contributed by atoms with Crippen molar-refractivity contribution in [3.05, 3.63) is 71.0 Å². The maximum absolute atomic E-state index is 14.6. The molecule has 0 unspecified atom stereocenters. The number of piperidine rings is 1. The molecule has 0 aromatic heterocycles. The first-order valence-electron chi connectivity index (χ1n) is 10.2. The average Bonchev–Trinajstić information content (AvgIpc) is 3.07. The van der Waals surface area contributed by atoms with E-state index in [0.29, 0.717) is 31.7 Å². The van der Waals surface area contributed by atoms with Crippen LogP contribution in [0.15, 0.2) is 42.5 Å². The van der Waals surface area contributed by atoms with Gasteiger partial charge in [0.15, 0.2) is 0 Å². The van der Waals surface area contributed by atoms with E-state index in [2.05, 4.69) is 4.90 Å². The molecule has 30 heavy (non-hydrogen) atoms. The van der Waals surface area contributed by atoms with Crippen LogP contribution in [0.3, 0.4) is 0 Å². The highest BCUT2D eigenvalue weighted by Gasteiger charge is 2.46. The highest BCUT2D eigenvalue weighted by Crippen LogP contribution is 2.43. The van der Waals surface area contributed by atoms with Crippen molar-refractivity contribution in [1.82, 2.24) is 9.80 Å². The molecule has 160 valence electrons. The van der Waals surface area contributed by atoms with Gasteiger partial charge in [-0.05, 0) is 35.7 Å². The second-order valence-corrected chi connectivity index (χ2v) is 8.12. The molecule has 0 bridgehead atoms. The number of ether oxygens (including phenoxy) is 1. The number of fused-ring (bicyclic) bond motifs is 1. The number of amides is 1. The molecule has 0 aliphatic carbocycles. The fourth-order valence-electron chi connectivity index (χ4n) is 4.92. The van der Waals surface area contributed by atoms with Gasteiger partial charge in [0, 0.05) is 57.2 Å². The molecule has 0 radical (unpaired) electrons. The fraction of sp³-hybridized carbons (Fsp3) is 0.435. The summed E-state index contributed by atoms with van der Waals surface area (Å²) in [6.45, 7) is 2.36. The molecule has 0 N–H and O–H groups in total. The molecule has 2 heterocycles. The molecule has 4 nitrogen and oxygen atoms in total. The standard InChI is InChI=1S/C23H25F3N2O2/c1-30-14-23(29)27-9-8-22-20(13-27)19(18-7-6-17(25)10-21(18)26)12-28(22)11-15-2-4-16(24)5-3-15/h2-7,10,19-20,22H,8-9,11-14H2,1H3/t19-,20-,22-/m1/s1. The molecule has 2 aliphatic heterocycles. The highest BCUT2D eigenvalue weighted by molar-refractivity contribution is 5.77. The summed E-state index contributed by atoms with van der Waals surface area (Å²) >= 11 is 0. The van der Waals surface area contributed by atoms with Crippen LogP contribution in [-0.2, 0) is 16.1 Å². The van der Waals surface area contributed by atoms with E-state index in [4.69, 9.17) is 4.74 Å². The Hall–Kier alpha value is -2.38. The summed E-state index contributed by atoms with van der Waals surface area (Å²) in [4.78, 5) is 16.4. The van der Waals surface area contributed by atoms with Crippen LogP contribution in [0.4, 0.5) is 13.2 Å². The van der Waals surface area contributed by atoms with Crippen LogP contribution in [-0.4, -0.2) is 55.1 Å². The zero-order valence-electron chi connectivity index (χ0n) is 16.9. The van der Waals surface area contributed by atoms with Gasteiger partial charge >= 0.3 is 0 Å². The lowest BCUT2D eigenvalue weighted by Gasteiger charge is -2.39. The number of rotatable bonds is 5. The average molecular weight is 418 g/mol. The van der Waals surface area contributed by atoms with Crippen molar-refractivity contribution in [3.63, 3.8) is 0 Å². The summed E-state index contributed by atoms with van der Waals surface area (Å²) in [5.74, 6) is -1.65. The fourth-order valence-corrected chi connectivity index (χ4v) is 4.92. The Morgan fingerprint density at radius 2 is 1.80 bits per heavy atom. The number of likely N-dealkylation sites (tertiary alicyclic amines) is 2. The Kier molecular flexibility index (Phi) is 6.11. The Balaban J connectivity index is 1.60. The van der Waals surface area contributed by atoms with Crippen LogP contribution in [0.1, 0.15) is 23.5 Å². The number of hydrogen-bond acceptors (Lipinski definition) is 3. The quantitative estimate of drug-likeness (QED) is 0.744. The van der Waals surface area contributed by atoms with E-state index in [-0.39, 0.29) is 36.2 Å². The van der Waals surface area contributed by atoms with E-state index < -0.39 is 11.6 Å². The van der Waals surface area contributed by atoms with Crippen molar-refractivity contribution >= 4 is 5.91 Å². The summed E-state index contributed by atoms with van der Waals surface area (Å²) in [5, 5.41) is 0. The van der Waals surface area contributed by atoms with Crippen LogP contribution in [0, 0.1) is 23.4 Å². The second kappa shape index (κ2) is 8.78. The van der Waals surface area contributed by atoms with Crippen LogP contribution < -0.4 is 0 Å². The summed E-state index contributed by atoms with van der Waals surface area (Å²) in [5.41, 5.74) is 1.46. The molecule has 2 saturated heterocycles. The van der Waals surface area contributed by atoms with E-state index in [0.717, 1.165) is 18.1 Å². The minimum Gasteiger partial charge on any atom is -0.375 e. The lowest BCUT2D eigenvalue weighted by molar-refractivity contribution is -0.137. The Morgan fingerprint density at radius 1 is 1.07 bits per heavy atom. The van der Waals surface area contributed by atoms with Crippen molar-refractivity contribution in [2.75, 3.05) is 33.4 Å². The Morgan fingerprint density at radius 3 is 2.50 bits per heavy atom. The molecular formula is C23H25F3N2O2. The third kappa shape index (κ3) is 4.23. The van der Waals surface area contributed by atoms with Crippen molar-refractivity contribution in [2.24, 2.45) is 5.92 Å². The first-order valence-corrected chi connectivity index (χ1v) is 10.2.